The summed E-state index contributed by atoms with van der Waals surface area (Å²) in [6.45, 7) is 6.10. The molecule has 1 aliphatic heterocycles. The molecule has 2 aromatic carbocycles. The zero-order valence-corrected chi connectivity index (χ0v) is 19.0. The summed E-state index contributed by atoms with van der Waals surface area (Å²) in [5.74, 6) is -1.22. The van der Waals surface area contributed by atoms with Gasteiger partial charge in [0.1, 0.15) is 6.54 Å². The van der Waals surface area contributed by atoms with Gasteiger partial charge in [0.05, 0.1) is 34.7 Å². The van der Waals surface area contributed by atoms with Gasteiger partial charge < -0.3 is 5.32 Å². The van der Waals surface area contributed by atoms with Crippen molar-refractivity contribution in [2.24, 2.45) is 5.41 Å². The van der Waals surface area contributed by atoms with Crippen LogP contribution in [0.1, 0.15) is 63.8 Å². The molecular formula is C26H26N4O3. The molecule has 1 aliphatic carbocycles. The first-order valence-corrected chi connectivity index (χ1v) is 11.1. The van der Waals surface area contributed by atoms with E-state index in [1.807, 2.05) is 29.1 Å². The highest BCUT2D eigenvalue weighted by atomic mass is 16.2. The van der Waals surface area contributed by atoms with Crippen LogP contribution in [-0.4, -0.2) is 38.9 Å². The summed E-state index contributed by atoms with van der Waals surface area (Å²) in [7, 11) is 0. The molecule has 0 unspecified atom stereocenters. The summed E-state index contributed by atoms with van der Waals surface area (Å²) in [6, 6.07) is 14.5. The number of rotatable bonds is 4. The minimum Gasteiger partial charge on any atom is -0.348 e. The van der Waals surface area contributed by atoms with Crippen LogP contribution in [0.4, 0.5) is 0 Å². The molecule has 2 aliphatic rings. The third-order valence-corrected chi connectivity index (χ3v) is 6.54. The average Bonchev–Trinajstić information content (AvgIpc) is 3.28. The Morgan fingerprint density at radius 3 is 2.36 bits per heavy atom. The van der Waals surface area contributed by atoms with Crippen molar-refractivity contribution in [3.63, 3.8) is 0 Å². The van der Waals surface area contributed by atoms with Gasteiger partial charge in [0.25, 0.3) is 11.8 Å². The molecule has 3 aromatic rings. The number of benzene rings is 2. The van der Waals surface area contributed by atoms with Crippen molar-refractivity contribution in [2.75, 3.05) is 6.54 Å². The zero-order valence-electron chi connectivity index (χ0n) is 19.0. The molecule has 7 nitrogen and oxygen atoms in total. The SMILES string of the molecule is Cc1ccccc1-n1ncc2c1CC(C)(C)C[C@@H]2NC(=O)CN1C(=O)c2ccccc2C1=O. The number of fused-ring (bicyclic) bond motifs is 2. The van der Waals surface area contributed by atoms with Gasteiger partial charge in [-0.1, -0.05) is 44.2 Å². The monoisotopic (exact) mass is 442 g/mol. The van der Waals surface area contributed by atoms with Crippen LogP contribution < -0.4 is 5.32 Å². The Bertz CT molecular complexity index is 1260. The van der Waals surface area contributed by atoms with Gasteiger partial charge in [-0.2, -0.15) is 5.10 Å². The summed E-state index contributed by atoms with van der Waals surface area (Å²) in [5, 5.41) is 7.72. The van der Waals surface area contributed by atoms with Crippen molar-refractivity contribution in [1.29, 1.82) is 0 Å². The van der Waals surface area contributed by atoms with Gasteiger partial charge in [0.15, 0.2) is 0 Å². The van der Waals surface area contributed by atoms with Crippen LogP contribution in [0.25, 0.3) is 5.69 Å². The highest BCUT2D eigenvalue weighted by Gasteiger charge is 2.39. The normalized spacial score (nSPS) is 18.8. The number of nitrogens with one attached hydrogen (secondary N) is 1. The number of imide groups is 1. The largest absolute Gasteiger partial charge is 0.348 e. The van der Waals surface area contributed by atoms with Crippen LogP contribution in [-0.2, 0) is 11.2 Å². The van der Waals surface area contributed by atoms with Crippen LogP contribution >= 0.6 is 0 Å². The first kappa shape index (κ1) is 21.1. The average molecular weight is 443 g/mol. The number of carbonyl (C=O) groups excluding carboxylic acids is 3. The second kappa shape index (κ2) is 7.69. The van der Waals surface area contributed by atoms with E-state index in [2.05, 4.69) is 37.3 Å². The molecule has 1 N–H and O–H groups in total. The minimum absolute atomic E-state index is 0.0546. The minimum atomic E-state index is -0.428. The van der Waals surface area contributed by atoms with E-state index in [9.17, 15) is 14.4 Å². The van der Waals surface area contributed by atoms with Crippen molar-refractivity contribution in [3.8, 4) is 5.69 Å². The van der Waals surface area contributed by atoms with Gasteiger partial charge in [-0.25, -0.2) is 4.68 Å². The number of hydrogen-bond acceptors (Lipinski definition) is 4. The molecule has 168 valence electrons. The van der Waals surface area contributed by atoms with Gasteiger partial charge in [-0.3, -0.25) is 19.3 Å². The fourth-order valence-corrected chi connectivity index (χ4v) is 4.95. The highest BCUT2D eigenvalue weighted by Crippen LogP contribution is 2.41. The first-order chi connectivity index (χ1) is 15.7. The van der Waals surface area contributed by atoms with E-state index in [4.69, 9.17) is 0 Å². The second-order valence-corrected chi connectivity index (χ2v) is 9.65. The molecular weight excluding hydrogens is 416 g/mol. The molecule has 33 heavy (non-hydrogen) atoms. The number of aromatic nitrogens is 2. The van der Waals surface area contributed by atoms with Crippen molar-refractivity contribution in [3.05, 3.63) is 82.7 Å². The highest BCUT2D eigenvalue weighted by molar-refractivity contribution is 6.22. The smallest absolute Gasteiger partial charge is 0.262 e. The lowest BCUT2D eigenvalue weighted by Crippen LogP contribution is -2.43. The maximum atomic E-state index is 13.0. The van der Waals surface area contributed by atoms with Crippen molar-refractivity contribution in [1.82, 2.24) is 20.0 Å². The quantitative estimate of drug-likeness (QED) is 0.626. The predicted octanol–water partition coefficient (Wildman–Crippen LogP) is 3.61. The maximum Gasteiger partial charge on any atom is 0.262 e. The maximum absolute atomic E-state index is 13.0. The molecule has 5 rings (SSSR count). The summed E-state index contributed by atoms with van der Waals surface area (Å²) in [4.78, 5) is 39.3. The van der Waals surface area contributed by atoms with Crippen LogP contribution in [0.2, 0.25) is 0 Å². The molecule has 0 spiro atoms. The Morgan fingerprint density at radius 2 is 1.70 bits per heavy atom. The lowest BCUT2D eigenvalue weighted by Gasteiger charge is -2.36. The Morgan fingerprint density at radius 1 is 1.06 bits per heavy atom. The summed E-state index contributed by atoms with van der Waals surface area (Å²) in [6.07, 6.45) is 3.40. The van der Waals surface area contributed by atoms with Gasteiger partial charge >= 0.3 is 0 Å². The van der Waals surface area contributed by atoms with E-state index in [0.29, 0.717) is 11.1 Å². The van der Waals surface area contributed by atoms with Gasteiger partial charge in [-0.15, -0.1) is 0 Å². The van der Waals surface area contributed by atoms with Crippen molar-refractivity contribution in [2.45, 2.75) is 39.7 Å². The summed E-state index contributed by atoms with van der Waals surface area (Å²) >= 11 is 0. The van der Waals surface area contributed by atoms with Gasteiger partial charge in [-0.05, 0) is 48.9 Å². The van der Waals surface area contributed by atoms with Crippen molar-refractivity contribution >= 4 is 17.7 Å². The predicted molar refractivity (Wildman–Crippen MR) is 123 cm³/mol. The van der Waals surface area contributed by atoms with E-state index in [-0.39, 0.29) is 23.9 Å². The van der Waals surface area contributed by atoms with E-state index >= 15 is 0 Å². The van der Waals surface area contributed by atoms with E-state index in [1.165, 1.54) is 0 Å². The molecule has 0 saturated heterocycles. The third kappa shape index (κ3) is 3.63. The van der Waals surface area contributed by atoms with Crippen LogP contribution in [0, 0.1) is 12.3 Å². The molecule has 7 heteroatoms. The number of nitrogens with zero attached hydrogens (tertiary/aromatic N) is 3. The Labute approximate surface area is 192 Å². The van der Waals surface area contributed by atoms with Crippen LogP contribution in [0.5, 0.6) is 0 Å². The number of carbonyl (C=O) groups is 3. The molecule has 1 aromatic heterocycles. The van der Waals surface area contributed by atoms with Crippen LogP contribution in [0.15, 0.2) is 54.7 Å². The third-order valence-electron chi connectivity index (χ3n) is 6.54. The number of aryl methyl sites for hydroxylation is 1. The van der Waals surface area contributed by atoms with E-state index in [0.717, 1.165) is 40.2 Å². The molecule has 1 atom stereocenters. The lowest BCUT2D eigenvalue weighted by molar-refractivity contribution is -0.122. The molecule has 3 amide bonds. The molecule has 0 radical (unpaired) electrons. The Hall–Kier alpha value is -3.74. The molecule has 0 fully saturated rings. The topological polar surface area (TPSA) is 84.3 Å². The second-order valence-electron chi connectivity index (χ2n) is 9.65. The standard InChI is InChI=1S/C26H26N4O3/c1-16-8-4-7-11-21(16)30-22-13-26(2,3)12-20(19(22)14-27-30)28-23(31)15-29-24(32)17-9-5-6-10-18(17)25(29)33/h4-11,14,20H,12-13,15H2,1-3H3,(H,28,31)/t20-/m0/s1. The molecule has 0 saturated carbocycles. The van der Waals surface area contributed by atoms with Gasteiger partial charge in [0.2, 0.25) is 5.91 Å². The van der Waals surface area contributed by atoms with Crippen molar-refractivity contribution < 1.29 is 14.4 Å². The molecule has 0 bridgehead atoms. The number of hydrogen-bond donors (Lipinski definition) is 1. The number of para-hydroxylation sites is 1. The summed E-state index contributed by atoms with van der Waals surface area (Å²) < 4.78 is 1.97. The van der Waals surface area contributed by atoms with Gasteiger partial charge in [0, 0.05) is 5.56 Å². The zero-order chi connectivity index (χ0) is 23.3. The number of amides is 3. The van der Waals surface area contributed by atoms with E-state index < -0.39 is 11.8 Å². The first-order valence-electron chi connectivity index (χ1n) is 11.1. The van der Waals surface area contributed by atoms with Crippen LogP contribution in [0.3, 0.4) is 0 Å². The van der Waals surface area contributed by atoms with E-state index in [1.54, 1.807) is 24.3 Å². The fourth-order valence-electron chi connectivity index (χ4n) is 4.95. The Kier molecular flexibility index (Phi) is 4.92. The summed E-state index contributed by atoms with van der Waals surface area (Å²) in [5.41, 5.74) is 4.83. The fraction of sp³-hybridized carbons (Fsp3) is 0.308. The Balaban J connectivity index is 1.39. The lowest BCUT2D eigenvalue weighted by atomic mass is 9.74. The molecule has 2 heterocycles.